The first-order valence-electron chi connectivity index (χ1n) is 10.5. The standard InChI is InChI=1S/C25H29N3O2/c1-16-9-11-17(12-10-16)24-23-19(13-25(2,3)14-21(23)29)27-18-7-5-6-8-20(18)28(24)15-22(30)26-4/h5-12,24,27H,13-15H2,1-4H3,(H,26,30). The molecule has 0 aromatic heterocycles. The van der Waals surface area contributed by atoms with Gasteiger partial charge in [-0.05, 0) is 36.5 Å². The van der Waals surface area contributed by atoms with Crippen LogP contribution in [0.5, 0.6) is 0 Å². The molecule has 2 N–H and O–H groups in total. The number of carbonyl (C=O) groups excluding carboxylic acids is 2. The van der Waals surface area contributed by atoms with Crippen LogP contribution in [0.4, 0.5) is 11.4 Å². The lowest BCUT2D eigenvalue weighted by Gasteiger charge is -2.37. The van der Waals surface area contributed by atoms with Gasteiger partial charge in [-0.3, -0.25) is 9.59 Å². The largest absolute Gasteiger partial charge is 0.358 e. The monoisotopic (exact) mass is 403 g/mol. The van der Waals surface area contributed by atoms with Gasteiger partial charge in [0.25, 0.3) is 0 Å². The molecule has 156 valence electrons. The van der Waals surface area contributed by atoms with E-state index in [0.29, 0.717) is 6.42 Å². The number of amides is 1. The molecule has 1 aliphatic carbocycles. The molecule has 5 nitrogen and oxygen atoms in total. The van der Waals surface area contributed by atoms with Crippen LogP contribution in [0.2, 0.25) is 0 Å². The van der Waals surface area contributed by atoms with Crippen LogP contribution in [0.25, 0.3) is 0 Å². The van der Waals surface area contributed by atoms with Gasteiger partial charge in [0.15, 0.2) is 5.78 Å². The van der Waals surface area contributed by atoms with Gasteiger partial charge in [-0.2, -0.15) is 0 Å². The highest BCUT2D eigenvalue weighted by Crippen LogP contribution is 2.48. The third kappa shape index (κ3) is 3.72. The van der Waals surface area contributed by atoms with Gasteiger partial charge in [-0.25, -0.2) is 0 Å². The minimum atomic E-state index is -0.322. The Morgan fingerprint density at radius 3 is 2.53 bits per heavy atom. The Bertz CT molecular complexity index is 1020. The number of fused-ring (bicyclic) bond motifs is 1. The van der Waals surface area contributed by atoms with Crippen molar-refractivity contribution in [3.8, 4) is 0 Å². The highest BCUT2D eigenvalue weighted by molar-refractivity contribution is 6.01. The lowest BCUT2D eigenvalue weighted by Crippen LogP contribution is -2.41. The van der Waals surface area contributed by atoms with Crippen LogP contribution in [0, 0.1) is 12.3 Å². The van der Waals surface area contributed by atoms with E-state index in [2.05, 4.69) is 60.6 Å². The molecular weight excluding hydrogens is 374 g/mol. The van der Waals surface area contributed by atoms with E-state index in [1.165, 1.54) is 0 Å². The zero-order valence-electron chi connectivity index (χ0n) is 18.1. The molecule has 1 aliphatic heterocycles. The van der Waals surface area contributed by atoms with Gasteiger partial charge in [-0.15, -0.1) is 0 Å². The van der Waals surface area contributed by atoms with E-state index in [1.807, 2.05) is 24.3 Å². The number of para-hydroxylation sites is 2. The number of benzene rings is 2. The van der Waals surface area contributed by atoms with Gasteiger partial charge in [0.05, 0.1) is 24.0 Å². The zero-order chi connectivity index (χ0) is 21.5. The molecule has 1 amide bonds. The van der Waals surface area contributed by atoms with Crippen molar-refractivity contribution in [2.75, 3.05) is 23.8 Å². The molecule has 5 heteroatoms. The van der Waals surface area contributed by atoms with E-state index in [4.69, 9.17) is 0 Å². The molecule has 30 heavy (non-hydrogen) atoms. The first kappa shape index (κ1) is 20.2. The molecule has 4 rings (SSSR count). The number of hydrogen-bond donors (Lipinski definition) is 2. The molecule has 2 aromatic rings. The highest BCUT2D eigenvalue weighted by atomic mass is 16.2. The number of allylic oxidation sites excluding steroid dienone is 1. The van der Waals surface area contributed by atoms with Crippen molar-refractivity contribution < 1.29 is 9.59 Å². The Balaban J connectivity index is 1.96. The van der Waals surface area contributed by atoms with Gasteiger partial charge in [-0.1, -0.05) is 55.8 Å². The van der Waals surface area contributed by atoms with Crippen LogP contribution in [0.1, 0.15) is 43.9 Å². The molecular formula is C25H29N3O2. The van der Waals surface area contributed by atoms with Gasteiger partial charge < -0.3 is 15.5 Å². The fraction of sp³-hybridized carbons (Fsp3) is 0.360. The minimum Gasteiger partial charge on any atom is -0.358 e. The second kappa shape index (κ2) is 7.63. The lowest BCUT2D eigenvalue weighted by molar-refractivity contribution is -0.120. The van der Waals surface area contributed by atoms with E-state index >= 15 is 0 Å². The van der Waals surface area contributed by atoms with Crippen molar-refractivity contribution in [2.45, 2.75) is 39.7 Å². The molecule has 0 fully saturated rings. The predicted octanol–water partition coefficient (Wildman–Crippen LogP) is 4.36. The maximum atomic E-state index is 13.5. The number of carbonyl (C=O) groups is 2. The van der Waals surface area contributed by atoms with Gasteiger partial charge >= 0.3 is 0 Å². The summed E-state index contributed by atoms with van der Waals surface area (Å²) < 4.78 is 0. The topological polar surface area (TPSA) is 61.4 Å². The number of hydrogen-bond acceptors (Lipinski definition) is 4. The third-order valence-corrected chi connectivity index (χ3v) is 5.99. The summed E-state index contributed by atoms with van der Waals surface area (Å²) in [6.07, 6.45) is 1.29. The molecule has 0 saturated heterocycles. The van der Waals surface area contributed by atoms with Crippen LogP contribution in [-0.4, -0.2) is 25.3 Å². The van der Waals surface area contributed by atoms with E-state index in [0.717, 1.165) is 40.2 Å². The maximum absolute atomic E-state index is 13.5. The molecule has 0 spiro atoms. The number of aryl methyl sites for hydroxylation is 1. The Morgan fingerprint density at radius 2 is 1.83 bits per heavy atom. The van der Waals surface area contributed by atoms with E-state index < -0.39 is 0 Å². The molecule has 0 radical (unpaired) electrons. The first-order chi connectivity index (χ1) is 14.3. The van der Waals surface area contributed by atoms with Crippen LogP contribution >= 0.6 is 0 Å². The van der Waals surface area contributed by atoms with Crippen LogP contribution in [0.3, 0.4) is 0 Å². The van der Waals surface area contributed by atoms with Crippen molar-refractivity contribution in [1.82, 2.24) is 5.32 Å². The molecule has 0 bridgehead atoms. The van der Waals surface area contributed by atoms with Gasteiger partial charge in [0.2, 0.25) is 5.91 Å². The maximum Gasteiger partial charge on any atom is 0.239 e. The summed E-state index contributed by atoms with van der Waals surface area (Å²) in [4.78, 5) is 28.0. The summed E-state index contributed by atoms with van der Waals surface area (Å²) in [5, 5.41) is 6.30. The molecule has 2 aromatic carbocycles. The molecule has 1 heterocycles. The summed E-state index contributed by atoms with van der Waals surface area (Å²) in [6, 6.07) is 15.9. The van der Waals surface area contributed by atoms with Crippen molar-refractivity contribution in [1.29, 1.82) is 0 Å². The molecule has 0 saturated carbocycles. The first-order valence-corrected chi connectivity index (χ1v) is 10.5. The average molecular weight is 404 g/mol. The second-order valence-corrected chi connectivity index (χ2v) is 9.09. The number of rotatable bonds is 3. The lowest BCUT2D eigenvalue weighted by atomic mass is 9.73. The molecule has 1 atom stereocenters. The summed E-state index contributed by atoms with van der Waals surface area (Å²) in [5.74, 6) is 0.0589. The van der Waals surface area contributed by atoms with Crippen molar-refractivity contribution >= 4 is 23.1 Å². The quantitative estimate of drug-likeness (QED) is 0.800. The van der Waals surface area contributed by atoms with Crippen molar-refractivity contribution in [2.24, 2.45) is 5.41 Å². The number of ketones is 1. The number of anilines is 2. The van der Waals surface area contributed by atoms with Crippen molar-refractivity contribution in [3.63, 3.8) is 0 Å². The molecule has 2 aliphatic rings. The fourth-order valence-electron chi connectivity index (χ4n) is 4.56. The Morgan fingerprint density at radius 1 is 1.13 bits per heavy atom. The van der Waals surface area contributed by atoms with Crippen LogP contribution < -0.4 is 15.5 Å². The van der Waals surface area contributed by atoms with E-state index in [9.17, 15) is 9.59 Å². The third-order valence-electron chi connectivity index (χ3n) is 5.99. The Kier molecular flexibility index (Phi) is 5.14. The summed E-state index contributed by atoms with van der Waals surface area (Å²) >= 11 is 0. The normalized spacial score (nSPS) is 20.1. The predicted molar refractivity (Wildman–Crippen MR) is 120 cm³/mol. The highest BCUT2D eigenvalue weighted by Gasteiger charge is 2.41. The SMILES string of the molecule is CNC(=O)CN1c2ccccc2NC2=C(C(=O)CC(C)(C)C2)C1c1ccc(C)cc1. The Hall–Kier alpha value is -3.08. The average Bonchev–Trinajstić information content (AvgIpc) is 2.82. The summed E-state index contributed by atoms with van der Waals surface area (Å²) in [6.45, 7) is 6.49. The fourth-order valence-corrected chi connectivity index (χ4v) is 4.56. The van der Waals surface area contributed by atoms with Crippen LogP contribution in [0.15, 0.2) is 59.8 Å². The van der Waals surface area contributed by atoms with E-state index in [-0.39, 0.29) is 29.7 Å². The number of likely N-dealkylation sites (N-methyl/N-ethyl adjacent to an activating group) is 1. The molecule has 1 unspecified atom stereocenters. The minimum absolute atomic E-state index is 0.0884. The van der Waals surface area contributed by atoms with Crippen LogP contribution in [-0.2, 0) is 9.59 Å². The second-order valence-electron chi connectivity index (χ2n) is 9.09. The van der Waals surface area contributed by atoms with E-state index in [1.54, 1.807) is 7.05 Å². The van der Waals surface area contributed by atoms with Gasteiger partial charge in [0, 0.05) is 24.7 Å². The smallest absolute Gasteiger partial charge is 0.239 e. The van der Waals surface area contributed by atoms with Crippen molar-refractivity contribution in [3.05, 3.63) is 70.9 Å². The number of nitrogens with one attached hydrogen (secondary N) is 2. The summed E-state index contributed by atoms with van der Waals surface area (Å²) in [5.41, 5.74) is 5.66. The Labute approximate surface area is 178 Å². The zero-order valence-corrected chi connectivity index (χ0v) is 18.1. The summed E-state index contributed by atoms with van der Waals surface area (Å²) in [7, 11) is 1.64. The number of nitrogens with zero attached hydrogens (tertiary/aromatic N) is 1. The number of Topliss-reactive ketones (excluding diaryl/α,β-unsaturated/α-hetero) is 1. The van der Waals surface area contributed by atoms with Gasteiger partial charge in [0.1, 0.15) is 0 Å².